The van der Waals surface area contributed by atoms with Crippen molar-refractivity contribution in [3.63, 3.8) is 0 Å². The van der Waals surface area contributed by atoms with Crippen LogP contribution in [0.4, 0.5) is 0 Å². The van der Waals surface area contributed by atoms with Crippen molar-refractivity contribution >= 4 is 21.8 Å². The third-order valence-corrected chi connectivity index (χ3v) is 2.86. The number of aryl methyl sites for hydroxylation is 1. The maximum Gasteiger partial charge on any atom is 0.260 e. The summed E-state index contributed by atoms with van der Waals surface area (Å²) in [5.41, 5.74) is 1.70. The molecule has 0 aliphatic rings. The fraction of sp³-hybridized carbons (Fsp3) is 0.368. The maximum atomic E-state index is 12.1. The average Bonchev–Trinajstić information content (AvgIpc) is 2.65. The topological polar surface area (TPSA) is 34.9 Å². The van der Waals surface area contributed by atoms with Gasteiger partial charge < -0.3 is 4.57 Å². The summed E-state index contributed by atoms with van der Waals surface area (Å²) in [7, 11) is 1.79. The van der Waals surface area contributed by atoms with E-state index in [9.17, 15) is 4.79 Å². The van der Waals surface area contributed by atoms with E-state index >= 15 is 0 Å². The van der Waals surface area contributed by atoms with E-state index in [0.29, 0.717) is 5.39 Å². The Morgan fingerprint density at radius 1 is 0.818 bits per heavy atom. The van der Waals surface area contributed by atoms with Gasteiger partial charge in [-0.3, -0.25) is 9.78 Å². The molecule has 3 heteroatoms. The molecule has 0 N–H and O–H groups in total. The quantitative estimate of drug-likeness (QED) is 0.537. The van der Waals surface area contributed by atoms with Gasteiger partial charge in [0.05, 0.1) is 16.4 Å². The number of rotatable bonds is 0. The SMILES string of the molecule is CC.CC.CC.Cn1c(=O)c2cccnc2c2ccccc21. The van der Waals surface area contributed by atoms with Gasteiger partial charge >= 0.3 is 0 Å². The molecule has 2 aromatic heterocycles. The van der Waals surface area contributed by atoms with Crippen molar-refractivity contribution in [1.82, 2.24) is 9.55 Å². The lowest BCUT2D eigenvalue weighted by molar-refractivity contribution is 0.917. The Morgan fingerprint density at radius 3 is 2.00 bits per heavy atom. The van der Waals surface area contributed by atoms with Crippen LogP contribution in [0.25, 0.3) is 21.8 Å². The Labute approximate surface area is 133 Å². The van der Waals surface area contributed by atoms with E-state index in [1.165, 1.54) is 0 Å². The van der Waals surface area contributed by atoms with E-state index in [1.54, 1.807) is 23.9 Å². The summed E-state index contributed by atoms with van der Waals surface area (Å²) in [5, 5.41) is 1.68. The first-order chi connectivity index (χ1) is 10.8. The molecule has 3 aromatic rings. The molecular weight excluding hydrogens is 272 g/mol. The second-order valence-electron chi connectivity index (χ2n) is 3.78. The zero-order chi connectivity index (χ0) is 17.1. The summed E-state index contributed by atoms with van der Waals surface area (Å²) in [4.78, 5) is 16.4. The summed E-state index contributed by atoms with van der Waals surface area (Å²) in [5.74, 6) is 0. The van der Waals surface area contributed by atoms with E-state index in [0.717, 1.165) is 16.4 Å². The Kier molecular flexibility index (Phi) is 9.51. The predicted octanol–water partition coefficient (Wildman–Crippen LogP) is 5.17. The largest absolute Gasteiger partial charge is 0.311 e. The first-order valence-electron chi connectivity index (χ1n) is 8.11. The van der Waals surface area contributed by atoms with Crippen molar-refractivity contribution in [3.05, 3.63) is 52.9 Å². The lowest BCUT2D eigenvalue weighted by Gasteiger charge is -2.07. The highest BCUT2D eigenvalue weighted by atomic mass is 16.1. The van der Waals surface area contributed by atoms with E-state index < -0.39 is 0 Å². The molecule has 120 valence electrons. The normalized spacial score (nSPS) is 8.86. The van der Waals surface area contributed by atoms with Crippen LogP contribution in [0.2, 0.25) is 0 Å². The number of nitrogens with zero attached hydrogens (tertiary/aromatic N) is 2. The van der Waals surface area contributed by atoms with Crippen molar-refractivity contribution in [2.24, 2.45) is 7.05 Å². The van der Waals surface area contributed by atoms with Crippen LogP contribution in [-0.2, 0) is 7.05 Å². The zero-order valence-corrected chi connectivity index (χ0v) is 14.8. The van der Waals surface area contributed by atoms with Gasteiger partial charge in [-0.1, -0.05) is 59.7 Å². The molecule has 0 unspecified atom stereocenters. The molecule has 0 aliphatic heterocycles. The van der Waals surface area contributed by atoms with Gasteiger partial charge in [0.1, 0.15) is 0 Å². The minimum absolute atomic E-state index is 0.00167. The lowest BCUT2D eigenvalue weighted by atomic mass is 10.1. The smallest absolute Gasteiger partial charge is 0.260 e. The molecule has 0 bridgehead atoms. The Balaban J connectivity index is 0.000000661. The molecular formula is C19H28N2O. The van der Waals surface area contributed by atoms with Gasteiger partial charge in [0.15, 0.2) is 0 Å². The second kappa shape index (κ2) is 10.6. The molecule has 0 atom stereocenters. The number of benzene rings is 1. The van der Waals surface area contributed by atoms with Gasteiger partial charge in [0, 0.05) is 18.6 Å². The highest BCUT2D eigenvalue weighted by Gasteiger charge is 2.07. The summed E-state index contributed by atoms with van der Waals surface area (Å²) in [6.07, 6.45) is 1.72. The summed E-state index contributed by atoms with van der Waals surface area (Å²) in [6, 6.07) is 11.4. The average molecular weight is 300 g/mol. The van der Waals surface area contributed by atoms with E-state index in [1.807, 2.05) is 71.9 Å². The van der Waals surface area contributed by atoms with Crippen molar-refractivity contribution in [3.8, 4) is 0 Å². The van der Waals surface area contributed by atoms with Crippen LogP contribution in [0, 0.1) is 0 Å². The van der Waals surface area contributed by atoms with E-state index in [-0.39, 0.29) is 5.56 Å². The molecule has 0 amide bonds. The van der Waals surface area contributed by atoms with Crippen molar-refractivity contribution in [1.29, 1.82) is 0 Å². The number of pyridine rings is 2. The Hall–Kier alpha value is -2.16. The Morgan fingerprint density at radius 2 is 1.36 bits per heavy atom. The predicted molar refractivity (Wildman–Crippen MR) is 98.5 cm³/mol. The zero-order valence-electron chi connectivity index (χ0n) is 14.8. The van der Waals surface area contributed by atoms with E-state index in [4.69, 9.17) is 0 Å². The van der Waals surface area contributed by atoms with E-state index in [2.05, 4.69) is 4.98 Å². The first kappa shape index (κ1) is 19.8. The standard InChI is InChI=1S/C13H10N2O.3C2H6/c1-15-11-7-3-2-5-9(11)12-10(13(15)16)6-4-8-14-12;3*1-2/h2-8H,1H3;3*1-2H3. The van der Waals surface area contributed by atoms with Gasteiger partial charge in [0.2, 0.25) is 0 Å². The molecule has 3 rings (SSSR count). The number of hydrogen-bond donors (Lipinski definition) is 0. The van der Waals surface area contributed by atoms with Crippen LogP contribution in [0.3, 0.4) is 0 Å². The monoisotopic (exact) mass is 300 g/mol. The van der Waals surface area contributed by atoms with Crippen molar-refractivity contribution in [2.45, 2.75) is 41.5 Å². The van der Waals surface area contributed by atoms with Gasteiger partial charge in [0.25, 0.3) is 5.56 Å². The molecule has 0 spiro atoms. The van der Waals surface area contributed by atoms with Crippen LogP contribution in [0.15, 0.2) is 47.4 Å². The van der Waals surface area contributed by atoms with Gasteiger partial charge in [-0.15, -0.1) is 0 Å². The molecule has 0 aliphatic carbocycles. The van der Waals surface area contributed by atoms with Crippen LogP contribution in [0.5, 0.6) is 0 Å². The number of fused-ring (bicyclic) bond motifs is 3. The summed E-state index contributed by atoms with van der Waals surface area (Å²) >= 11 is 0. The van der Waals surface area contributed by atoms with Crippen LogP contribution >= 0.6 is 0 Å². The fourth-order valence-electron chi connectivity index (χ4n) is 2.05. The molecule has 2 heterocycles. The van der Waals surface area contributed by atoms with Crippen LogP contribution in [-0.4, -0.2) is 9.55 Å². The Bertz CT molecular complexity index is 745. The van der Waals surface area contributed by atoms with Crippen molar-refractivity contribution < 1.29 is 0 Å². The maximum absolute atomic E-state index is 12.1. The van der Waals surface area contributed by atoms with Crippen LogP contribution in [0.1, 0.15) is 41.5 Å². The van der Waals surface area contributed by atoms with Crippen LogP contribution < -0.4 is 5.56 Å². The van der Waals surface area contributed by atoms with Gasteiger partial charge in [-0.25, -0.2) is 0 Å². The molecule has 1 aromatic carbocycles. The molecule has 0 saturated carbocycles. The second-order valence-corrected chi connectivity index (χ2v) is 3.78. The number of aromatic nitrogens is 2. The molecule has 0 radical (unpaired) electrons. The minimum atomic E-state index is 0.00167. The van der Waals surface area contributed by atoms with Gasteiger partial charge in [-0.05, 0) is 18.2 Å². The molecule has 0 fully saturated rings. The first-order valence-corrected chi connectivity index (χ1v) is 8.11. The summed E-state index contributed by atoms with van der Waals surface area (Å²) < 4.78 is 1.67. The molecule has 3 nitrogen and oxygen atoms in total. The molecule has 22 heavy (non-hydrogen) atoms. The van der Waals surface area contributed by atoms with Crippen molar-refractivity contribution in [2.75, 3.05) is 0 Å². The lowest BCUT2D eigenvalue weighted by Crippen LogP contribution is -2.17. The minimum Gasteiger partial charge on any atom is -0.311 e. The van der Waals surface area contributed by atoms with Gasteiger partial charge in [-0.2, -0.15) is 0 Å². The number of hydrogen-bond acceptors (Lipinski definition) is 2. The fourth-order valence-corrected chi connectivity index (χ4v) is 2.05. The molecule has 0 saturated heterocycles. The third kappa shape index (κ3) is 3.94. The highest BCUT2D eigenvalue weighted by Crippen LogP contribution is 2.19. The third-order valence-electron chi connectivity index (χ3n) is 2.86. The highest BCUT2D eigenvalue weighted by molar-refractivity contribution is 6.02. The number of para-hydroxylation sites is 1. The summed E-state index contributed by atoms with van der Waals surface area (Å²) in [6.45, 7) is 12.0.